The van der Waals surface area contributed by atoms with Gasteiger partial charge in [0.2, 0.25) is 5.75 Å². The third kappa shape index (κ3) is 5.59. The highest BCUT2D eigenvalue weighted by Gasteiger charge is 2.35. The number of thiazole rings is 1. The molecular formula is C29H22IN3O6S2. The van der Waals surface area contributed by atoms with Crippen molar-refractivity contribution in [3.8, 4) is 5.75 Å². The Morgan fingerprint density at radius 1 is 1.22 bits per heavy atom. The number of hydrogen-bond acceptors (Lipinski definition) is 9. The summed E-state index contributed by atoms with van der Waals surface area (Å²) in [5.41, 5.74) is 1.55. The minimum absolute atomic E-state index is 0.144. The molecule has 1 atom stereocenters. The molecule has 2 heterocycles. The standard InChI is InChI=1S/C29H22IN3O6S2/c1-3-39-28(36)23-24(17-7-5-4-6-8-17)31-29-32(25(23)18-9-11-19(40-2)12-10-18)27(35)22(41-29)15-16-13-20(30)26(34)21(14-16)33(37)38/h4-15,25,34H,3H2,1-2H3/b22-15-/t25-/m1/s1. The van der Waals surface area contributed by atoms with Crippen molar-refractivity contribution in [1.82, 2.24) is 4.57 Å². The van der Waals surface area contributed by atoms with Gasteiger partial charge in [0.1, 0.15) is 0 Å². The molecule has 9 nitrogen and oxygen atoms in total. The molecule has 0 saturated carbocycles. The summed E-state index contributed by atoms with van der Waals surface area (Å²) in [4.78, 5) is 44.5. The van der Waals surface area contributed by atoms with Gasteiger partial charge in [0.05, 0.1) is 36.9 Å². The predicted molar refractivity (Wildman–Crippen MR) is 167 cm³/mol. The lowest BCUT2D eigenvalue weighted by molar-refractivity contribution is -0.386. The van der Waals surface area contributed by atoms with Crippen LogP contribution in [0.2, 0.25) is 0 Å². The van der Waals surface area contributed by atoms with Gasteiger partial charge in [-0.2, -0.15) is 0 Å². The summed E-state index contributed by atoms with van der Waals surface area (Å²) in [6.07, 6.45) is 3.49. The minimum atomic E-state index is -0.826. The molecule has 3 aromatic carbocycles. The first-order valence-corrected chi connectivity index (χ1v) is 15.4. The molecule has 0 unspecified atom stereocenters. The number of halogens is 1. The summed E-state index contributed by atoms with van der Waals surface area (Å²) in [5, 5.41) is 21.6. The molecule has 0 fully saturated rings. The maximum absolute atomic E-state index is 14.0. The Morgan fingerprint density at radius 3 is 2.56 bits per heavy atom. The van der Waals surface area contributed by atoms with E-state index in [0.29, 0.717) is 27.2 Å². The van der Waals surface area contributed by atoms with Crippen LogP contribution in [0.15, 0.2) is 87.0 Å². The summed E-state index contributed by atoms with van der Waals surface area (Å²) < 4.78 is 7.50. The lowest BCUT2D eigenvalue weighted by atomic mass is 9.93. The highest BCUT2D eigenvalue weighted by Crippen LogP contribution is 2.36. The number of thioether (sulfide) groups is 1. The van der Waals surface area contributed by atoms with Crippen LogP contribution in [-0.4, -0.2) is 33.4 Å². The average molecular weight is 700 g/mol. The predicted octanol–water partition coefficient (Wildman–Crippen LogP) is 4.88. The number of rotatable bonds is 7. The van der Waals surface area contributed by atoms with Crippen LogP contribution in [0.5, 0.6) is 5.75 Å². The number of phenols is 1. The monoisotopic (exact) mass is 699 g/mol. The van der Waals surface area contributed by atoms with Gasteiger partial charge in [-0.15, -0.1) is 11.8 Å². The van der Waals surface area contributed by atoms with E-state index in [-0.39, 0.29) is 20.3 Å². The molecule has 4 aromatic rings. The fourth-order valence-electron chi connectivity index (χ4n) is 4.52. The Kier molecular flexibility index (Phi) is 8.42. The molecule has 1 aromatic heterocycles. The number of aromatic nitrogens is 1. The van der Waals surface area contributed by atoms with Crippen molar-refractivity contribution < 1.29 is 19.6 Å². The maximum Gasteiger partial charge on any atom is 0.338 e. The number of hydrogen-bond donors (Lipinski definition) is 1. The van der Waals surface area contributed by atoms with Crippen molar-refractivity contribution in [1.29, 1.82) is 0 Å². The van der Waals surface area contributed by atoms with E-state index in [0.717, 1.165) is 16.2 Å². The minimum Gasteiger partial charge on any atom is -0.501 e. The van der Waals surface area contributed by atoms with Crippen LogP contribution in [0.4, 0.5) is 5.69 Å². The molecule has 1 aliphatic rings. The molecule has 0 bridgehead atoms. The van der Waals surface area contributed by atoms with E-state index in [1.165, 1.54) is 16.7 Å². The topological polar surface area (TPSA) is 124 Å². The number of esters is 1. The smallest absolute Gasteiger partial charge is 0.338 e. The van der Waals surface area contributed by atoms with E-state index in [2.05, 4.69) is 0 Å². The number of nitrogens with zero attached hydrogens (tertiary/aromatic N) is 3. The SMILES string of the molecule is CCOC(=O)C1=C(c2ccccc2)N=c2s/c(=C\c3cc(I)c(O)c([N+](=O)[O-])c3)c(=O)n2[C@@H]1c1ccc(SC)cc1. The molecule has 0 spiro atoms. The number of ether oxygens (including phenoxy) is 1. The van der Waals surface area contributed by atoms with Crippen LogP contribution < -0.4 is 14.9 Å². The van der Waals surface area contributed by atoms with Gasteiger partial charge in [-0.1, -0.05) is 53.8 Å². The van der Waals surface area contributed by atoms with Crippen LogP contribution in [0, 0.1) is 13.7 Å². The summed E-state index contributed by atoms with van der Waals surface area (Å²) >= 11 is 4.50. The third-order valence-electron chi connectivity index (χ3n) is 6.37. The molecule has 0 saturated heterocycles. The van der Waals surface area contributed by atoms with Crippen LogP contribution >= 0.6 is 45.7 Å². The van der Waals surface area contributed by atoms with Crippen LogP contribution in [0.3, 0.4) is 0 Å². The van der Waals surface area contributed by atoms with Gasteiger partial charge in [0.15, 0.2) is 4.80 Å². The van der Waals surface area contributed by atoms with E-state index in [4.69, 9.17) is 9.73 Å². The summed E-state index contributed by atoms with van der Waals surface area (Å²) in [6, 6.07) is 18.8. The molecule has 41 heavy (non-hydrogen) atoms. The van der Waals surface area contributed by atoms with E-state index in [9.17, 15) is 24.8 Å². The van der Waals surface area contributed by atoms with E-state index >= 15 is 0 Å². The number of benzene rings is 3. The van der Waals surface area contributed by atoms with Crippen molar-refractivity contribution >= 4 is 69.1 Å². The van der Waals surface area contributed by atoms with Gasteiger partial charge < -0.3 is 9.84 Å². The van der Waals surface area contributed by atoms with E-state index < -0.39 is 33.9 Å². The molecule has 0 aliphatic carbocycles. The van der Waals surface area contributed by atoms with Crippen molar-refractivity contribution in [3.63, 3.8) is 0 Å². The summed E-state index contributed by atoms with van der Waals surface area (Å²) in [6.45, 7) is 1.86. The van der Waals surface area contributed by atoms with Gasteiger partial charge in [-0.3, -0.25) is 19.5 Å². The van der Waals surface area contributed by atoms with Crippen molar-refractivity contribution in [2.24, 2.45) is 4.99 Å². The molecule has 208 valence electrons. The fourth-order valence-corrected chi connectivity index (χ4v) is 6.57. The Bertz CT molecular complexity index is 1880. The molecule has 0 radical (unpaired) electrons. The third-order valence-corrected chi connectivity index (χ3v) is 8.91. The molecule has 1 aliphatic heterocycles. The number of phenolic OH excluding ortho intramolecular Hbond substituents is 1. The maximum atomic E-state index is 14.0. The number of carbonyl (C=O) groups excluding carboxylic acids is 1. The zero-order valence-electron chi connectivity index (χ0n) is 21.7. The van der Waals surface area contributed by atoms with Gasteiger partial charge in [0.25, 0.3) is 5.56 Å². The van der Waals surface area contributed by atoms with Gasteiger partial charge >= 0.3 is 11.7 Å². The Morgan fingerprint density at radius 2 is 1.93 bits per heavy atom. The first-order valence-electron chi connectivity index (χ1n) is 12.3. The molecular weight excluding hydrogens is 677 g/mol. The molecule has 5 rings (SSSR count). The van der Waals surface area contributed by atoms with E-state index in [1.807, 2.05) is 83.4 Å². The Balaban J connectivity index is 1.82. The zero-order valence-corrected chi connectivity index (χ0v) is 25.5. The quantitative estimate of drug-likeness (QED) is 0.0960. The lowest BCUT2D eigenvalue weighted by Crippen LogP contribution is -2.40. The second-order valence-corrected chi connectivity index (χ2v) is 11.9. The Hall–Kier alpha value is -3.75. The number of nitro benzene ring substituents is 1. The first kappa shape index (κ1) is 28.8. The van der Waals surface area contributed by atoms with Crippen molar-refractivity contribution in [2.75, 3.05) is 12.9 Å². The second-order valence-electron chi connectivity index (χ2n) is 8.83. The summed E-state index contributed by atoms with van der Waals surface area (Å²) in [5.74, 6) is -1.01. The van der Waals surface area contributed by atoms with E-state index in [1.54, 1.807) is 24.8 Å². The van der Waals surface area contributed by atoms with Gasteiger partial charge in [-0.05, 0) is 71.2 Å². The van der Waals surface area contributed by atoms with Crippen LogP contribution in [0.25, 0.3) is 11.8 Å². The molecule has 12 heteroatoms. The highest BCUT2D eigenvalue weighted by molar-refractivity contribution is 14.1. The normalized spacial score (nSPS) is 14.9. The van der Waals surface area contributed by atoms with Crippen LogP contribution in [-0.2, 0) is 9.53 Å². The number of fused-ring (bicyclic) bond motifs is 1. The highest BCUT2D eigenvalue weighted by atomic mass is 127. The van der Waals surface area contributed by atoms with Crippen molar-refractivity contribution in [3.05, 3.63) is 122 Å². The zero-order chi connectivity index (χ0) is 29.3. The average Bonchev–Trinajstić information content (AvgIpc) is 3.28. The number of carbonyl (C=O) groups is 1. The summed E-state index contributed by atoms with van der Waals surface area (Å²) in [7, 11) is 0. The number of aromatic hydroxyl groups is 1. The van der Waals surface area contributed by atoms with Crippen LogP contribution in [0.1, 0.15) is 29.7 Å². The lowest BCUT2D eigenvalue weighted by Gasteiger charge is -2.26. The fraction of sp³-hybridized carbons (Fsp3) is 0.138. The first-order chi connectivity index (χ1) is 19.7. The molecule has 1 N–H and O–H groups in total. The Labute approximate surface area is 255 Å². The second kappa shape index (κ2) is 12.0. The van der Waals surface area contributed by atoms with Crippen molar-refractivity contribution in [2.45, 2.75) is 17.9 Å². The number of nitro groups is 1. The molecule has 0 amide bonds. The largest absolute Gasteiger partial charge is 0.501 e. The van der Waals surface area contributed by atoms with Gasteiger partial charge in [0, 0.05) is 16.5 Å². The van der Waals surface area contributed by atoms with Gasteiger partial charge in [-0.25, -0.2) is 9.79 Å².